The molecule has 1 atom stereocenters. The van der Waals surface area contributed by atoms with Gasteiger partial charge in [-0.05, 0) is 13.6 Å². The van der Waals surface area contributed by atoms with Crippen LogP contribution < -0.4 is 0 Å². The lowest BCUT2D eigenvalue weighted by atomic mass is 10.5. The Kier molecular flexibility index (Phi) is 3.77. The van der Waals surface area contributed by atoms with Crippen LogP contribution in [-0.4, -0.2) is 41.5 Å². The molecule has 0 aliphatic carbocycles. The van der Waals surface area contributed by atoms with Gasteiger partial charge in [0.2, 0.25) is 0 Å². The zero-order chi connectivity index (χ0) is 6.57. The van der Waals surface area contributed by atoms with Crippen molar-refractivity contribution in [1.29, 1.82) is 0 Å². The van der Waals surface area contributed by atoms with Crippen molar-refractivity contribution in [3.05, 3.63) is 0 Å². The molecule has 8 heavy (non-hydrogen) atoms. The monoisotopic (exact) mass is 119 g/mol. The van der Waals surface area contributed by atoms with Gasteiger partial charge in [0.25, 0.3) is 0 Å². The summed E-state index contributed by atoms with van der Waals surface area (Å²) in [6, 6.07) is 0. The van der Waals surface area contributed by atoms with Crippen molar-refractivity contribution in [3.63, 3.8) is 0 Å². The molecule has 0 aliphatic rings. The summed E-state index contributed by atoms with van der Waals surface area (Å²) in [5.74, 6) is 0. The molecule has 50 valence electrons. The lowest BCUT2D eigenvalue weighted by Gasteiger charge is -2.18. The second-order valence-electron chi connectivity index (χ2n) is 1.74. The SMILES string of the molecule is CCN(C)C(O)CO. The van der Waals surface area contributed by atoms with E-state index in [-0.39, 0.29) is 6.61 Å². The smallest absolute Gasteiger partial charge is 0.130 e. The Morgan fingerprint density at radius 2 is 2.12 bits per heavy atom. The quantitative estimate of drug-likeness (QED) is 0.480. The summed E-state index contributed by atoms with van der Waals surface area (Å²) >= 11 is 0. The summed E-state index contributed by atoms with van der Waals surface area (Å²) in [6.45, 7) is 2.48. The highest BCUT2D eigenvalue weighted by atomic mass is 16.3. The maximum atomic E-state index is 8.80. The minimum atomic E-state index is -0.694. The van der Waals surface area contributed by atoms with Gasteiger partial charge in [0.1, 0.15) is 6.23 Å². The first-order valence-electron chi connectivity index (χ1n) is 2.71. The number of hydrogen-bond donors (Lipinski definition) is 2. The molecule has 2 N–H and O–H groups in total. The molecular weight excluding hydrogens is 106 g/mol. The van der Waals surface area contributed by atoms with Crippen molar-refractivity contribution >= 4 is 0 Å². The van der Waals surface area contributed by atoms with Crippen molar-refractivity contribution in [2.24, 2.45) is 0 Å². The van der Waals surface area contributed by atoms with Gasteiger partial charge >= 0.3 is 0 Å². The topological polar surface area (TPSA) is 43.7 Å². The molecular formula is C5H13NO2. The third-order valence-electron chi connectivity index (χ3n) is 1.17. The van der Waals surface area contributed by atoms with Gasteiger partial charge in [-0.3, -0.25) is 4.90 Å². The highest BCUT2D eigenvalue weighted by Gasteiger charge is 2.04. The Balaban J connectivity index is 3.29. The molecule has 0 heterocycles. The van der Waals surface area contributed by atoms with E-state index in [1.165, 1.54) is 0 Å². The van der Waals surface area contributed by atoms with Crippen LogP contribution in [0.5, 0.6) is 0 Å². The van der Waals surface area contributed by atoms with Crippen LogP contribution in [0.25, 0.3) is 0 Å². The van der Waals surface area contributed by atoms with E-state index in [0.29, 0.717) is 0 Å². The fourth-order valence-electron chi connectivity index (χ4n) is 0.350. The molecule has 0 aromatic heterocycles. The average Bonchev–Trinajstić information content (AvgIpc) is 1.84. The molecule has 0 spiro atoms. The van der Waals surface area contributed by atoms with Crippen LogP contribution in [0.15, 0.2) is 0 Å². The molecule has 1 unspecified atom stereocenters. The molecule has 0 fully saturated rings. The van der Waals surface area contributed by atoms with Crippen LogP contribution in [0.3, 0.4) is 0 Å². The third kappa shape index (κ3) is 2.26. The molecule has 3 nitrogen and oxygen atoms in total. The van der Waals surface area contributed by atoms with Gasteiger partial charge in [-0.1, -0.05) is 6.92 Å². The van der Waals surface area contributed by atoms with E-state index in [1.807, 2.05) is 6.92 Å². The molecule has 3 heteroatoms. The van der Waals surface area contributed by atoms with Gasteiger partial charge in [-0.15, -0.1) is 0 Å². The first-order chi connectivity index (χ1) is 3.72. The van der Waals surface area contributed by atoms with Gasteiger partial charge in [0.05, 0.1) is 6.61 Å². The average molecular weight is 119 g/mol. The highest BCUT2D eigenvalue weighted by Crippen LogP contribution is 1.87. The number of hydrogen-bond acceptors (Lipinski definition) is 3. The van der Waals surface area contributed by atoms with E-state index in [0.717, 1.165) is 6.54 Å². The van der Waals surface area contributed by atoms with E-state index >= 15 is 0 Å². The zero-order valence-corrected chi connectivity index (χ0v) is 5.33. The standard InChI is InChI=1S/C5H13NO2/c1-3-6(2)5(8)4-7/h5,7-8H,3-4H2,1-2H3. The van der Waals surface area contributed by atoms with E-state index < -0.39 is 6.23 Å². The van der Waals surface area contributed by atoms with E-state index in [2.05, 4.69) is 0 Å². The van der Waals surface area contributed by atoms with Crippen LogP contribution in [0.1, 0.15) is 6.92 Å². The summed E-state index contributed by atoms with van der Waals surface area (Å²) in [6.07, 6.45) is -0.694. The fourth-order valence-corrected chi connectivity index (χ4v) is 0.350. The normalized spacial score (nSPS) is 14.6. The van der Waals surface area contributed by atoms with Crippen LogP contribution in [0.2, 0.25) is 0 Å². The second-order valence-corrected chi connectivity index (χ2v) is 1.74. The minimum absolute atomic E-state index is 0.190. The van der Waals surface area contributed by atoms with Gasteiger partial charge in [-0.2, -0.15) is 0 Å². The van der Waals surface area contributed by atoms with Gasteiger partial charge < -0.3 is 10.2 Å². The van der Waals surface area contributed by atoms with Crippen molar-refractivity contribution in [2.45, 2.75) is 13.2 Å². The minimum Gasteiger partial charge on any atom is -0.392 e. The van der Waals surface area contributed by atoms with Crippen molar-refractivity contribution in [1.82, 2.24) is 4.90 Å². The maximum absolute atomic E-state index is 8.80. The number of aliphatic hydroxyl groups excluding tert-OH is 2. The Labute approximate surface area is 49.5 Å². The van der Waals surface area contributed by atoms with E-state index in [4.69, 9.17) is 10.2 Å². The van der Waals surface area contributed by atoms with E-state index in [1.54, 1.807) is 11.9 Å². The largest absolute Gasteiger partial charge is 0.392 e. The summed E-state index contributed by atoms with van der Waals surface area (Å²) in [5.41, 5.74) is 0. The zero-order valence-electron chi connectivity index (χ0n) is 5.33. The fraction of sp³-hybridized carbons (Fsp3) is 1.00. The van der Waals surface area contributed by atoms with Crippen molar-refractivity contribution in [2.75, 3.05) is 20.2 Å². The molecule has 0 bridgehead atoms. The Bertz CT molecular complexity index is 50.4. The van der Waals surface area contributed by atoms with Crippen LogP contribution in [0.4, 0.5) is 0 Å². The maximum Gasteiger partial charge on any atom is 0.130 e. The summed E-state index contributed by atoms with van der Waals surface area (Å²) < 4.78 is 0. The number of aliphatic hydroxyl groups is 2. The highest BCUT2D eigenvalue weighted by molar-refractivity contribution is 4.49. The van der Waals surface area contributed by atoms with Gasteiger partial charge in [0, 0.05) is 0 Å². The first kappa shape index (κ1) is 7.88. The lowest BCUT2D eigenvalue weighted by Crippen LogP contribution is -2.33. The summed E-state index contributed by atoms with van der Waals surface area (Å²) in [4.78, 5) is 1.65. The Hall–Kier alpha value is -0.120. The Morgan fingerprint density at radius 1 is 1.62 bits per heavy atom. The van der Waals surface area contributed by atoms with Gasteiger partial charge in [0.15, 0.2) is 0 Å². The van der Waals surface area contributed by atoms with Crippen LogP contribution in [0, 0.1) is 0 Å². The molecule has 0 saturated heterocycles. The number of likely N-dealkylation sites (N-methyl/N-ethyl adjacent to an activating group) is 1. The molecule has 0 radical (unpaired) electrons. The lowest BCUT2D eigenvalue weighted by molar-refractivity contribution is -0.0174. The van der Waals surface area contributed by atoms with Crippen molar-refractivity contribution in [3.8, 4) is 0 Å². The predicted octanol–water partition coefficient (Wildman–Crippen LogP) is -0.751. The second kappa shape index (κ2) is 3.83. The molecule has 0 amide bonds. The van der Waals surface area contributed by atoms with Gasteiger partial charge in [-0.25, -0.2) is 0 Å². The number of rotatable bonds is 3. The van der Waals surface area contributed by atoms with Crippen molar-refractivity contribution < 1.29 is 10.2 Å². The summed E-state index contributed by atoms with van der Waals surface area (Å²) in [7, 11) is 1.75. The van der Waals surface area contributed by atoms with E-state index in [9.17, 15) is 0 Å². The molecule has 0 aliphatic heterocycles. The Morgan fingerprint density at radius 3 is 2.25 bits per heavy atom. The summed E-state index contributed by atoms with van der Waals surface area (Å²) in [5, 5.41) is 17.1. The predicted molar refractivity (Wildman–Crippen MR) is 31.4 cm³/mol. The third-order valence-corrected chi connectivity index (χ3v) is 1.17. The molecule has 0 aromatic rings. The molecule has 0 aromatic carbocycles. The first-order valence-corrected chi connectivity index (χ1v) is 2.71. The molecule has 0 saturated carbocycles. The molecule has 0 rings (SSSR count). The van der Waals surface area contributed by atoms with Crippen LogP contribution in [-0.2, 0) is 0 Å². The van der Waals surface area contributed by atoms with Crippen LogP contribution >= 0.6 is 0 Å². The number of nitrogens with zero attached hydrogens (tertiary/aromatic N) is 1.